The first kappa shape index (κ1) is 11.1. The molecule has 0 saturated carbocycles. The van der Waals surface area contributed by atoms with Gasteiger partial charge in [-0.05, 0) is 13.8 Å². The molecule has 1 saturated heterocycles. The molecule has 78 valence electrons. The number of nitrogens with one attached hydrogen (secondary N) is 1. The lowest BCUT2D eigenvalue weighted by Crippen LogP contribution is -2.22. The molecule has 0 amide bonds. The van der Waals surface area contributed by atoms with E-state index in [2.05, 4.69) is 5.48 Å². The summed E-state index contributed by atoms with van der Waals surface area (Å²) >= 11 is 0. The summed E-state index contributed by atoms with van der Waals surface area (Å²) < 4.78 is 22.3. The van der Waals surface area contributed by atoms with Crippen molar-refractivity contribution in [2.45, 2.75) is 26.1 Å². The Morgan fingerprint density at radius 2 is 2.08 bits per heavy atom. The predicted octanol–water partition coefficient (Wildman–Crippen LogP) is 1.50. The standard InChI is InChI=1S/C7H16NO4P/c1-3-11-13(9,12-4-2)7-5-6-10-8-7/h7-8H,3-6H2,1-2H3/t7-/m1/s1. The molecule has 13 heavy (non-hydrogen) atoms. The summed E-state index contributed by atoms with van der Waals surface area (Å²) in [6, 6.07) is 0. The lowest BCUT2D eigenvalue weighted by atomic mass is 10.5. The summed E-state index contributed by atoms with van der Waals surface area (Å²) in [6.07, 6.45) is 0.664. The Hall–Kier alpha value is 0.0700. The van der Waals surface area contributed by atoms with Crippen molar-refractivity contribution in [2.24, 2.45) is 0 Å². The first-order valence-electron chi connectivity index (χ1n) is 4.49. The molecule has 1 atom stereocenters. The van der Waals surface area contributed by atoms with E-state index in [-0.39, 0.29) is 5.78 Å². The molecule has 0 bridgehead atoms. The van der Waals surface area contributed by atoms with E-state index in [0.29, 0.717) is 26.2 Å². The average Bonchev–Trinajstić information content (AvgIpc) is 2.57. The van der Waals surface area contributed by atoms with Crippen LogP contribution in [0.4, 0.5) is 0 Å². The van der Waals surface area contributed by atoms with Crippen LogP contribution in [0.1, 0.15) is 20.3 Å². The van der Waals surface area contributed by atoms with Crippen LogP contribution in [-0.4, -0.2) is 25.6 Å². The van der Waals surface area contributed by atoms with E-state index < -0.39 is 7.60 Å². The van der Waals surface area contributed by atoms with E-state index in [1.165, 1.54) is 0 Å². The first-order valence-corrected chi connectivity index (χ1v) is 6.10. The SMILES string of the molecule is CCOP(=O)(OCC)[C@@H]1CCON1. The summed E-state index contributed by atoms with van der Waals surface area (Å²) in [5.74, 6) is -0.313. The minimum Gasteiger partial charge on any atom is -0.308 e. The van der Waals surface area contributed by atoms with Gasteiger partial charge in [0.15, 0.2) is 0 Å². The molecule has 0 spiro atoms. The fourth-order valence-corrected chi connectivity index (χ4v) is 2.96. The van der Waals surface area contributed by atoms with Crippen LogP contribution in [0.25, 0.3) is 0 Å². The topological polar surface area (TPSA) is 56.8 Å². The predicted molar refractivity (Wildman–Crippen MR) is 48.4 cm³/mol. The molecule has 1 heterocycles. The highest BCUT2D eigenvalue weighted by Crippen LogP contribution is 2.53. The second kappa shape index (κ2) is 5.08. The molecule has 0 aromatic carbocycles. The van der Waals surface area contributed by atoms with Gasteiger partial charge in [-0.1, -0.05) is 0 Å². The fraction of sp³-hybridized carbons (Fsp3) is 1.00. The monoisotopic (exact) mass is 209 g/mol. The van der Waals surface area contributed by atoms with Gasteiger partial charge in [-0.25, -0.2) is 0 Å². The molecule has 0 aromatic heterocycles. The van der Waals surface area contributed by atoms with Gasteiger partial charge < -0.3 is 13.9 Å². The third kappa shape index (κ3) is 2.76. The molecular weight excluding hydrogens is 193 g/mol. The van der Waals surface area contributed by atoms with Crippen molar-refractivity contribution in [3.63, 3.8) is 0 Å². The van der Waals surface area contributed by atoms with Gasteiger partial charge in [0, 0.05) is 6.42 Å². The fourth-order valence-electron chi connectivity index (χ4n) is 1.18. The quantitative estimate of drug-likeness (QED) is 0.695. The van der Waals surface area contributed by atoms with Gasteiger partial charge in [0.2, 0.25) is 0 Å². The Bertz CT molecular complexity index is 183. The smallest absolute Gasteiger partial charge is 0.308 e. The Kier molecular flexibility index (Phi) is 4.35. The summed E-state index contributed by atoms with van der Waals surface area (Å²) in [5.41, 5.74) is 2.65. The maximum Gasteiger partial charge on any atom is 0.349 e. The number of rotatable bonds is 5. The largest absolute Gasteiger partial charge is 0.349 e. The first-order chi connectivity index (χ1) is 6.23. The molecule has 1 aliphatic heterocycles. The van der Waals surface area contributed by atoms with Gasteiger partial charge in [0.1, 0.15) is 5.78 Å². The van der Waals surface area contributed by atoms with Gasteiger partial charge >= 0.3 is 7.60 Å². The van der Waals surface area contributed by atoms with Gasteiger partial charge in [-0.3, -0.25) is 4.57 Å². The van der Waals surface area contributed by atoms with Crippen molar-refractivity contribution in [1.29, 1.82) is 0 Å². The maximum absolute atomic E-state index is 12.0. The van der Waals surface area contributed by atoms with E-state index in [1.54, 1.807) is 13.8 Å². The van der Waals surface area contributed by atoms with E-state index in [9.17, 15) is 4.57 Å². The van der Waals surface area contributed by atoms with Crippen LogP contribution in [0.3, 0.4) is 0 Å². The average molecular weight is 209 g/mol. The summed E-state index contributed by atoms with van der Waals surface area (Å²) in [7, 11) is -3.00. The van der Waals surface area contributed by atoms with Crippen LogP contribution >= 0.6 is 7.60 Å². The lowest BCUT2D eigenvalue weighted by Gasteiger charge is -2.21. The highest BCUT2D eigenvalue weighted by atomic mass is 31.2. The molecule has 1 rings (SSSR count). The van der Waals surface area contributed by atoms with Crippen LogP contribution in [0.2, 0.25) is 0 Å². The molecule has 1 aliphatic rings. The van der Waals surface area contributed by atoms with E-state index in [0.717, 1.165) is 0 Å². The van der Waals surface area contributed by atoms with Crippen molar-refractivity contribution in [3.8, 4) is 0 Å². The van der Waals surface area contributed by atoms with Crippen molar-refractivity contribution in [3.05, 3.63) is 0 Å². The number of hydrogen-bond donors (Lipinski definition) is 1. The highest BCUT2D eigenvalue weighted by Gasteiger charge is 2.38. The summed E-state index contributed by atoms with van der Waals surface area (Å²) in [6.45, 7) is 4.91. The Morgan fingerprint density at radius 1 is 1.46 bits per heavy atom. The highest BCUT2D eigenvalue weighted by molar-refractivity contribution is 7.54. The molecule has 0 aromatic rings. The molecule has 1 N–H and O–H groups in total. The third-order valence-electron chi connectivity index (χ3n) is 1.71. The van der Waals surface area contributed by atoms with Crippen molar-refractivity contribution < 1.29 is 18.5 Å². The van der Waals surface area contributed by atoms with Gasteiger partial charge in [-0.15, -0.1) is 0 Å². The molecule has 1 fully saturated rings. The molecule has 5 nitrogen and oxygen atoms in total. The van der Waals surface area contributed by atoms with Gasteiger partial charge in [0.05, 0.1) is 19.8 Å². The van der Waals surface area contributed by atoms with Gasteiger partial charge in [-0.2, -0.15) is 5.48 Å². The van der Waals surface area contributed by atoms with Crippen molar-refractivity contribution >= 4 is 7.60 Å². The van der Waals surface area contributed by atoms with E-state index >= 15 is 0 Å². The van der Waals surface area contributed by atoms with Crippen LogP contribution in [0.5, 0.6) is 0 Å². The second-order valence-electron chi connectivity index (χ2n) is 2.65. The molecule has 6 heteroatoms. The van der Waals surface area contributed by atoms with E-state index in [1.807, 2.05) is 0 Å². The van der Waals surface area contributed by atoms with Crippen molar-refractivity contribution in [2.75, 3.05) is 19.8 Å². The molecule has 0 unspecified atom stereocenters. The molecule has 0 aliphatic carbocycles. The zero-order valence-corrected chi connectivity index (χ0v) is 8.88. The Balaban J connectivity index is 2.58. The zero-order valence-electron chi connectivity index (χ0n) is 7.99. The minimum atomic E-state index is -3.00. The van der Waals surface area contributed by atoms with E-state index in [4.69, 9.17) is 13.9 Å². The normalized spacial score (nSPS) is 23.7. The van der Waals surface area contributed by atoms with Gasteiger partial charge in [0.25, 0.3) is 0 Å². The molecule has 0 radical (unpaired) electrons. The Labute approximate surface area is 78.2 Å². The lowest BCUT2D eigenvalue weighted by molar-refractivity contribution is 0.0907. The maximum atomic E-state index is 12.0. The third-order valence-corrected chi connectivity index (χ3v) is 4.08. The number of hydrogen-bond acceptors (Lipinski definition) is 5. The minimum absolute atomic E-state index is 0.313. The summed E-state index contributed by atoms with van der Waals surface area (Å²) in [5, 5.41) is 0. The van der Waals surface area contributed by atoms with Crippen molar-refractivity contribution in [1.82, 2.24) is 5.48 Å². The Morgan fingerprint density at radius 3 is 2.46 bits per heavy atom. The molecular formula is C7H16NO4P. The summed E-state index contributed by atoms with van der Waals surface area (Å²) in [4.78, 5) is 4.91. The number of hydroxylamine groups is 1. The second-order valence-corrected chi connectivity index (χ2v) is 4.87. The van der Waals surface area contributed by atoms with Crippen LogP contribution in [0, 0.1) is 0 Å². The van der Waals surface area contributed by atoms with Crippen LogP contribution < -0.4 is 5.48 Å². The van der Waals surface area contributed by atoms with Crippen LogP contribution in [0.15, 0.2) is 0 Å². The zero-order chi connectivity index (χ0) is 9.73. The van der Waals surface area contributed by atoms with Crippen LogP contribution in [-0.2, 0) is 18.5 Å².